The second kappa shape index (κ2) is 1.90. The molecule has 2 nitrogen and oxygen atoms in total. The van der Waals surface area contributed by atoms with Gasteiger partial charge in [0.1, 0.15) is 12.2 Å². The molecule has 1 aliphatic rings. The number of halogens is 6. The molecule has 0 unspecified atom stereocenters. The van der Waals surface area contributed by atoms with Crippen LogP contribution in [0, 0.1) is 0 Å². The van der Waals surface area contributed by atoms with Crippen molar-refractivity contribution in [3.05, 3.63) is 0 Å². The van der Waals surface area contributed by atoms with Crippen LogP contribution in [-0.2, 0) is 9.53 Å². The van der Waals surface area contributed by atoms with E-state index in [1.807, 2.05) is 0 Å². The minimum Gasteiger partial charge on any atom is -0.441 e. The monoisotopic (exact) mass is 246 g/mol. The molecule has 0 aromatic rings. The maximum Gasteiger partial charge on any atom is 0.313 e. The standard InChI is InChI=1S/C4H4ClF5O2S/c5-4(1-3(11)12-4)2-13(6,7,8,9)10/h1-2H2/t4-/m0/s1. The van der Waals surface area contributed by atoms with Crippen molar-refractivity contribution in [1.82, 2.24) is 0 Å². The first kappa shape index (κ1) is 10.8. The largest absolute Gasteiger partial charge is 0.441 e. The van der Waals surface area contributed by atoms with Crippen molar-refractivity contribution in [2.75, 3.05) is 5.75 Å². The van der Waals surface area contributed by atoms with E-state index < -0.39 is 33.4 Å². The summed E-state index contributed by atoms with van der Waals surface area (Å²) < 4.78 is 62.7. The van der Waals surface area contributed by atoms with Gasteiger partial charge in [-0.1, -0.05) is 31.0 Å². The Morgan fingerprint density at radius 1 is 1.38 bits per heavy atom. The lowest BCUT2D eigenvalue weighted by Gasteiger charge is -2.47. The van der Waals surface area contributed by atoms with Crippen LogP contribution in [0.25, 0.3) is 0 Å². The Morgan fingerprint density at radius 3 is 2.00 bits per heavy atom. The van der Waals surface area contributed by atoms with Gasteiger partial charge in [-0.3, -0.25) is 4.79 Å². The summed E-state index contributed by atoms with van der Waals surface area (Å²) in [6.07, 6.45) is -0.847. The number of hydrogen-bond acceptors (Lipinski definition) is 2. The third kappa shape index (κ3) is 3.55. The van der Waals surface area contributed by atoms with E-state index in [1.165, 1.54) is 0 Å². The third-order valence-electron chi connectivity index (χ3n) is 1.19. The van der Waals surface area contributed by atoms with Gasteiger partial charge < -0.3 is 4.74 Å². The normalized spacial score (nSPS) is 34.2. The van der Waals surface area contributed by atoms with Gasteiger partial charge in [0.05, 0.1) is 0 Å². The van der Waals surface area contributed by atoms with E-state index in [2.05, 4.69) is 4.74 Å². The SMILES string of the molecule is O=C1C[C@@](Cl)(CS(F)(F)(F)(F)F)O1. The Morgan fingerprint density at radius 2 is 1.77 bits per heavy atom. The second-order valence-electron chi connectivity index (χ2n) is 2.81. The number of ether oxygens (including phenoxy) is 1. The molecule has 1 aliphatic heterocycles. The maximum absolute atomic E-state index is 11.8. The van der Waals surface area contributed by atoms with Crippen LogP contribution >= 0.6 is 21.8 Å². The average Bonchev–Trinajstić information content (AvgIpc) is 1.47. The summed E-state index contributed by atoms with van der Waals surface area (Å²) in [6, 6.07) is 0. The van der Waals surface area contributed by atoms with E-state index in [-0.39, 0.29) is 0 Å². The number of carbonyl (C=O) groups excluding carboxylic acids is 1. The van der Waals surface area contributed by atoms with Gasteiger partial charge in [-0.15, -0.1) is 0 Å². The summed E-state index contributed by atoms with van der Waals surface area (Å²) in [6.45, 7) is 0. The molecule has 1 rings (SSSR count). The average molecular weight is 247 g/mol. The Hall–Kier alpha value is -0.240. The molecule has 0 aliphatic carbocycles. The number of carbonyl (C=O) groups is 1. The number of rotatable bonds is 2. The molecule has 1 atom stereocenters. The molecule has 0 radical (unpaired) electrons. The number of cyclic esters (lactones) is 1. The molecule has 0 spiro atoms. The topological polar surface area (TPSA) is 26.3 Å². The van der Waals surface area contributed by atoms with Crippen LogP contribution in [0.15, 0.2) is 0 Å². The number of esters is 1. The predicted molar refractivity (Wildman–Crippen MR) is 37.3 cm³/mol. The van der Waals surface area contributed by atoms with E-state index in [1.54, 1.807) is 0 Å². The zero-order chi connectivity index (χ0) is 10.6. The number of hydrogen-bond donors (Lipinski definition) is 0. The van der Waals surface area contributed by atoms with E-state index >= 15 is 0 Å². The van der Waals surface area contributed by atoms with Crippen LogP contribution in [0.3, 0.4) is 0 Å². The van der Waals surface area contributed by atoms with Gasteiger partial charge in [-0.05, 0) is 0 Å². The molecular formula is C4H4ClF5O2S. The number of alkyl halides is 1. The molecule has 1 heterocycles. The molecule has 9 heteroatoms. The molecule has 0 saturated carbocycles. The lowest BCUT2D eigenvalue weighted by Crippen LogP contribution is -2.48. The molecule has 1 saturated heterocycles. The summed E-state index contributed by atoms with van der Waals surface area (Å²) in [5.41, 5.74) is 0. The molecule has 0 aromatic heterocycles. The Labute approximate surface area is 74.7 Å². The molecule has 0 bridgehead atoms. The second-order valence-corrected chi connectivity index (χ2v) is 6.04. The zero-order valence-corrected chi connectivity index (χ0v) is 7.48. The van der Waals surface area contributed by atoms with Crippen LogP contribution in [-0.4, -0.2) is 16.8 Å². The van der Waals surface area contributed by atoms with Crippen LogP contribution < -0.4 is 0 Å². The lowest BCUT2D eigenvalue weighted by molar-refractivity contribution is -0.173. The van der Waals surface area contributed by atoms with Crippen LogP contribution in [0.4, 0.5) is 19.4 Å². The molecule has 80 valence electrons. The molecular weight excluding hydrogens is 243 g/mol. The Bertz CT molecular complexity index is 262. The van der Waals surface area contributed by atoms with Crippen molar-refractivity contribution in [3.63, 3.8) is 0 Å². The van der Waals surface area contributed by atoms with Gasteiger partial charge >= 0.3 is 5.97 Å². The molecule has 0 amide bonds. The van der Waals surface area contributed by atoms with E-state index in [0.717, 1.165) is 0 Å². The summed E-state index contributed by atoms with van der Waals surface area (Å²) >= 11 is 4.95. The fourth-order valence-corrected chi connectivity index (χ4v) is 2.69. The van der Waals surface area contributed by atoms with Crippen molar-refractivity contribution in [2.24, 2.45) is 0 Å². The lowest BCUT2D eigenvalue weighted by atomic mass is 10.2. The highest BCUT2D eigenvalue weighted by molar-refractivity contribution is 8.45. The summed E-state index contributed by atoms with van der Waals surface area (Å²) in [4.78, 5) is 10.1. The first-order chi connectivity index (χ1) is 5.28. The highest BCUT2D eigenvalue weighted by Crippen LogP contribution is 2.98. The van der Waals surface area contributed by atoms with Gasteiger partial charge in [0, 0.05) is 0 Å². The third-order valence-corrected chi connectivity index (χ3v) is 2.71. The first-order valence-electron chi connectivity index (χ1n) is 2.92. The van der Waals surface area contributed by atoms with E-state index in [0.29, 0.717) is 0 Å². The highest BCUT2D eigenvalue weighted by Gasteiger charge is 2.70. The Balaban J connectivity index is 2.77. The molecule has 0 N–H and O–H groups in total. The van der Waals surface area contributed by atoms with Gasteiger partial charge in [-0.25, -0.2) is 0 Å². The van der Waals surface area contributed by atoms with E-state index in [4.69, 9.17) is 11.6 Å². The van der Waals surface area contributed by atoms with Crippen LogP contribution in [0.2, 0.25) is 0 Å². The van der Waals surface area contributed by atoms with Crippen molar-refractivity contribution < 1.29 is 29.0 Å². The quantitative estimate of drug-likeness (QED) is 0.425. The van der Waals surface area contributed by atoms with Crippen LogP contribution in [0.1, 0.15) is 6.42 Å². The van der Waals surface area contributed by atoms with Crippen molar-refractivity contribution in [1.29, 1.82) is 0 Å². The van der Waals surface area contributed by atoms with Crippen LogP contribution in [0.5, 0.6) is 0 Å². The maximum atomic E-state index is 11.8. The van der Waals surface area contributed by atoms with Gasteiger partial charge in [0.25, 0.3) is 10.2 Å². The summed E-state index contributed by atoms with van der Waals surface area (Å²) in [5.74, 6) is -3.59. The summed E-state index contributed by atoms with van der Waals surface area (Å²) in [7, 11) is -9.59. The summed E-state index contributed by atoms with van der Waals surface area (Å²) in [5, 5.41) is -2.60. The van der Waals surface area contributed by atoms with Crippen molar-refractivity contribution >= 4 is 27.8 Å². The van der Waals surface area contributed by atoms with E-state index in [9.17, 15) is 24.2 Å². The fourth-order valence-electron chi connectivity index (χ4n) is 0.899. The van der Waals surface area contributed by atoms with Gasteiger partial charge in [-0.2, -0.15) is 0 Å². The first-order valence-corrected chi connectivity index (χ1v) is 5.42. The smallest absolute Gasteiger partial charge is 0.313 e. The van der Waals surface area contributed by atoms with Crippen molar-refractivity contribution in [2.45, 2.75) is 11.5 Å². The Kier molecular flexibility index (Phi) is 1.59. The fraction of sp³-hybridized carbons (Fsp3) is 0.750. The molecule has 0 aromatic carbocycles. The minimum atomic E-state index is -9.59. The zero-order valence-electron chi connectivity index (χ0n) is 5.91. The van der Waals surface area contributed by atoms with Crippen molar-refractivity contribution in [3.8, 4) is 0 Å². The predicted octanol–water partition coefficient (Wildman–Crippen LogP) is 3.17. The minimum absolute atomic E-state index is 0.847. The van der Waals surface area contributed by atoms with Gasteiger partial charge in [0.15, 0.2) is 0 Å². The highest BCUT2D eigenvalue weighted by atomic mass is 35.5. The van der Waals surface area contributed by atoms with Gasteiger partial charge in [0.2, 0.25) is 5.06 Å². The molecule has 1 fully saturated rings. The molecule has 13 heavy (non-hydrogen) atoms.